The molecule has 1 heterocycles. The molecule has 1 aromatic rings. The summed E-state index contributed by atoms with van der Waals surface area (Å²) < 4.78 is 0. The van der Waals surface area contributed by atoms with E-state index in [9.17, 15) is 0 Å². The third-order valence-corrected chi connectivity index (χ3v) is 2.31. The summed E-state index contributed by atoms with van der Waals surface area (Å²) in [4.78, 5) is 4.19. The van der Waals surface area contributed by atoms with Crippen LogP contribution in [0.25, 0.3) is 0 Å². The molecular weight excluding hydrogens is 168 g/mol. The fourth-order valence-corrected chi connectivity index (χ4v) is 1.48. The van der Waals surface area contributed by atoms with Crippen LogP contribution in [0.15, 0.2) is 23.7 Å². The van der Waals surface area contributed by atoms with Crippen LogP contribution in [0, 0.1) is 0 Å². The van der Waals surface area contributed by atoms with Crippen LogP contribution in [-0.2, 0) is 6.42 Å². The fourth-order valence-electron chi connectivity index (χ4n) is 0.883. The maximum absolute atomic E-state index is 4.19. The molecule has 0 unspecified atom stereocenters. The van der Waals surface area contributed by atoms with Crippen LogP contribution in [0.1, 0.15) is 11.4 Å². The minimum absolute atomic E-state index is 0.974. The number of nitrogens with zero attached hydrogens (tertiary/aromatic N) is 1. The standard InChI is InChI=1S/C9H14N2S/c1-10-6-4-2-3-5-9-11-7-8-12-9/h2-3,7-8,10H,4-6H2,1H3. The Kier molecular flexibility index (Phi) is 4.64. The molecule has 1 rings (SSSR count). The van der Waals surface area contributed by atoms with Crippen molar-refractivity contribution in [3.8, 4) is 0 Å². The topological polar surface area (TPSA) is 24.9 Å². The van der Waals surface area contributed by atoms with E-state index in [-0.39, 0.29) is 0 Å². The van der Waals surface area contributed by atoms with Gasteiger partial charge in [-0.2, -0.15) is 0 Å². The molecule has 0 aliphatic rings. The van der Waals surface area contributed by atoms with Crippen molar-refractivity contribution < 1.29 is 0 Å². The van der Waals surface area contributed by atoms with Crippen LogP contribution < -0.4 is 5.32 Å². The Morgan fingerprint density at radius 1 is 1.58 bits per heavy atom. The van der Waals surface area contributed by atoms with Crippen molar-refractivity contribution in [2.75, 3.05) is 13.6 Å². The lowest BCUT2D eigenvalue weighted by Gasteiger charge is -1.90. The van der Waals surface area contributed by atoms with Gasteiger partial charge in [0.2, 0.25) is 0 Å². The Morgan fingerprint density at radius 3 is 3.17 bits per heavy atom. The van der Waals surface area contributed by atoms with Gasteiger partial charge in [-0.15, -0.1) is 11.3 Å². The van der Waals surface area contributed by atoms with Crippen molar-refractivity contribution in [2.24, 2.45) is 0 Å². The van der Waals surface area contributed by atoms with Crippen molar-refractivity contribution >= 4 is 11.3 Å². The van der Waals surface area contributed by atoms with Gasteiger partial charge in [0.25, 0.3) is 0 Å². The highest BCUT2D eigenvalue weighted by molar-refractivity contribution is 7.09. The molecule has 3 heteroatoms. The van der Waals surface area contributed by atoms with Crippen molar-refractivity contribution in [1.29, 1.82) is 0 Å². The Hall–Kier alpha value is -0.670. The molecular formula is C9H14N2S. The third kappa shape index (κ3) is 3.64. The Morgan fingerprint density at radius 2 is 2.50 bits per heavy atom. The van der Waals surface area contributed by atoms with Crippen LogP contribution in [0.5, 0.6) is 0 Å². The first-order chi connectivity index (χ1) is 5.93. The molecule has 12 heavy (non-hydrogen) atoms. The summed E-state index contributed by atoms with van der Waals surface area (Å²) in [5, 5.41) is 6.30. The molecule has 0 spiro atoms. The second kappa shape index (κ2) is 5.91. The number of hydrogen-bond acceptors (Lipinski definition) is 3. The molecule has 0 saturated carbocycles. The summed E-state index contributed by atoms with van der Waals surface area (Å²) in [6, 6.07) is 0. The zero-order valence-electron chi connectivity index (χ0n) is 7.29. The molecule has 0 atom stereocenters. The summed E-state index contributed by atoms with van der Waals surface area (Å²) >= 11 is 1.71. The minimum Gasteiger partial charge on any atom is -0.319 e. The second-order valence-corrected chi connectivity index (χ2v) is 3.47. The van der Waals surface area contributed by atoms with Gasteiger partial charge in [-0.25, -0.2) is 4.98 Å². The SMILES string of the molecule is CNCCC=CCc1nccs1. The normalized spacial score (nSPS) is 11.1. The van der Waals surface area contributed by atoms with Gasteiger partial charge in [-0.1, -0.05) is 12.2 Å². The zero-order valence-corrected chi connectivity index (χ0v) is 8.10. The number of nitrogens with one attached hydrogen (secondary N) is 1. The van der Waals surface area contributed by atoms with E-state index in [1.165, 1.54) is 5.01 Å². The lowest BCUT2D eigenvalue weighted by molar-refractivity contribution is 0.806. The Bertz CT molecular complexity index is 216. The summed E-state index contributed by atoms with van der Waals surface area (Å²) in [5.74, 6) is 0. The van der Waals surface area contributed by atoms with Crippen molar-refractivity contribution in [2.45, 2.75) is 12.8 Å². The highest BCUT2D eigenvalue weighted by Gasteiger charge is 1.88. The van der Waals surface area contributed by atoms with Crippen LogP contribution in [0.4, 0.5) is 0 Å². The molecule has 0 aliphatic carbocycles. The van der Waals surface area contributed by atoms with E-state index in [0.717, 1.165) is 19.4 Å². The van der Waals surface area contributed by atoms with E-state index in [2.05, 4.69) is 22.5 Å². The molecule has 66 valence electrons. The highest BCUT2D eigenvalue weighted by Crippen LogP contribution is 2.04. The maximum Gasteiger partial charge on any atom is 0.0962 e. The first-order valence-electron chi connectivity index (χ1n) is 4.11. The first kappa shape index (κ1) is 9.42. The van der Waals surface area contributed by atoms with Crippen LogP contribution in [0.3, 0.4) is 0 Å². The van der Waals surface area contributed by atoms with Gasteiger partial charge in [0, 0.05) is 18.0 Å². The van der Waals surface area contributed by atoms with E-state index in [4.69, 9.17) is 0 Å². The Balaban J connectivity index is 2.13. The number of aromatic nitrogens is 1. The molecule has 0 fully saturated rings. The molecule has 0 saturated heterocycles. The first-order valence-corrected chi connectivity index (χ1v) is 4.99. The molecule has 0 bridgehead atoms. The molecule has 0 aliphatic heterocycles. The average molecular weight is 182 g/mol. The maximum atomic E-state index is 4.19. The summed E-state index contributed by atoms with van der Waals surface area (Å²) in [7, 11) is 1.97. The zero-order chi connectivity index (χ0) is 8.65. The van der Waals surface area contributed by atoms with E-state index in [1.807, 2.05) is 18.6 Å². The van der Waals surface area contributed by atoms with Gasteiger partial charge in [0.05, 0.1) is 5.01 Å². The van der Waals surface area contributed by atoms with Gasteiger partial charge in [-0.3, -0.25) is 0 Å². The second-order valence-electron chi connectivity index (χ2n) is 2.49. The Labute approximate surface area is 77.3 Å². The van der Waals surface area contributed by atoms with Gasteiger partial charge in [-0.05, 0) is 20.0 Å². The van der Waals surface area contributed by atoms with E-state index in [1.54, 1.807) is 11.3 Å². The van der Waals surface area contributed by atoms with E-state index >= 15 is 0 Å². The van der Waals surface area contributed by atoms with Gasteiger partial charge < -0.3 is 5.32 Å². The predicted molar refractivity (Wildman–Crippen MR) is 53.5 cm³/mol. The smallest absolute Gasteiger partial charge is 0.0962 e. The number of allylic oxidation sites excluding steroid dienone is 1. The minimum atomic E-state index is 0.974. The van der Waals surface area contributed by atoms with Crippen LogP contribution in [-0.4, -0.2) is 18.6 Å². The monoisotopic (exact) mass is 182 g/mol. The molecule has 2 nitrogen and oxygen atoms in total. The molecule has 0 amide bonds. The van der Waals surface area contributed by atoms with Crippen molar-refractivity contribution in [1.82, 2.24) is 10.3 Å². The number of rotatable bonds is 5. The average Bonchev–Trinajstić information content (AvgIpc) is 2.57. The van der Waals surface area contributed by atoms with Gasteiger partial charge in [0.1, 0.15) is 0 Å². The summed E-state index contributed by atoms with van der Waals surface area (Å²) in [5.41, 5.74) is 0. The van der Waals surface area contributed by atoms with E-state index in [0.29, 0.717) is 0 Å². The van der Waals surface area contributed by atoms with Crippen LogP contribution >= 0.6 is 11.3 Å². The highest BCUT2D eigenvalue weighted by atomic mass is 32.1. The van der Waals surface area contributed by atoms with E-state index < -0.39 is 0 Å². The molecule has 1 N–H and O–H groups in total. The fraction of sp³-hybridized carbons (Fsp3) is 0.444. The van der Waals surface area contributed by atoms with Crippen molar-refractivity contribution in [3.05, 3.63) is 28.7 Å². The largest absolute Gasteiger partial charge is 0.319 e. The molecule has 0 aromatic carbocycles. The quantitative estimate of drug-likeness (QED) is 0.555. The predicted octanol–water partition coefficient (Wildman–Crippen LogP) is 1.85. The molecule has 0 radical (unpaired) electrons. The van der Waals surface area contributed by atoms with Gasteiger partial charge >= 0.3 is 0 Å². The van der Waals surface area contributed by atoms with Crippen molar-refractivity contribution in [3.63, 3.8) is 0 Å². The lowest BCUT2D eigenvalue weighted by atomic mass is 10.3. The summed E-state index contributed by atoms with van der Waals surface area (Å²) in [6.45, 7) is 1.05. The number of hydrogen-bond donors (Lipinski definition) is 1. The number of thiazole rings is 1. The third-order valence-electron chi connectivity index (χ3n) is 1.50. The van der Waals surface area contributed by atoms with Gasteiger partial charge in [0.15, 0.2) is 0 Å². The molecule has 1 aromatic heterocycles. The van der Waals surface area contributed by atoms with Crippen LogP contribution in [0.2, 0.25) is 0 Å². The summed E-state index contributed by atoms with van der Waals surface area (Å²) in [6.07, 6.45) is 8.29. The lowest BCUT2D eigenvalue weighted by Crippen LogP contribution is -2.05.